The largest absolute Gasteiger partial charge is 0.368 e. The van der Waals surface area contributed by atoms with Gasteiger partial charge in [0.15, 0.2) is 0 Å². The first-order valence-electron chi connectivity index (χ1n) is 12.0. The summed E-state index contributed by atoms with van der Waals surface area (Å²) in [5.41, 5.74) is 3.23. The van der Waals surface area contributed by atoms with Crippen LogP contribution in [0, 0.1) is 6.92 Å². The highest BCUT2D eigenvalue weighted by Crippen LogP contribution is 2.29. The van der Waals surface area contributed by atoms with Gasteiger partial charge in [-0.1, -0.05) is 24.1 Å². The quantitative estimate of drug-likeness (QED) is 0.501. The molecule has 2 aliphatic heterocycles. The molecule has 0 amide bonds. The Labute approximate surface area is 207 Å². The third kappa shape index (κ3) is 4.49. The van der Waals surface area contributed by atoms with Gasteiger partial charge in [-0.15, -0.1) is 0 Å². The topological polar surface area (TPSA) is 56.8 Å². The van der Waals surface area contributed by atoms with Crippen LogP contribution < -0.4 is 9.80 Å². The van der Waals surface area contributed by atoms with Gasteiger partial charge < -0.3 is 9.80 Å². The van der Waals surface area contributed by atoms with Gasteiger partial charge in [-0.05, 0) is 74.7 Å². The van der Waals surface area contributed by atoms with Crippen LogP contribution in [-0.4, -0.2) is 56.5 Å². The Morgan fingerprint density at radius 1 is 0.912 bits per heavy atom. The first kappa shape index (κ1) is 23.4. The smallest absolute Gasteiger partial charge is 0.243 e. The predicted octanol–water partition coefficient (Wildman–Crippen LogP) is 5.09. The molecule has 0 aliphatic carbocycles. The number of anilines is 2. The highest BCUT2D eigenvalue weighted by molar-refractivity contribution is 7.89. The van der Waals surface area contributed by atoms with Crippen LogP contribution in [0.4, 0.5) is 11.5 Å². The number of halogens is 1. The van der Waals surface area contributed by atoms with E-state index in [4.69, 9.17) is 16.6 Å². The number of hydrogen-bond donors (Lipinski definition) is 0. The Hall–Kier alpha value is -2.35. The van der Waals surface area contributed by atoms with Crippen LogP contribution in [0.5, 0.6) is 0 Å². The van der Waals surface area contributed by atoms with Crippen molar-refractivity contribution in [2.24, 2.45) is 0 Å². The fraction of sp³-hybridized carbons (Fsp3) is 0.423. The second-order valence-corrected chi connectivity index (χ2v) is 11.7. The van der Waals surface area contributed by atoms with Gasteiger partial charge in [0, 0.05) is 54.9 Å². The van der Waals surface area contributed by atoms with Crippen LogP contribution in [0.2, 0.25) is 5.02 Å². The lowest BCUT2D eigenvalue weighted by atomic mass is 10.1. The van der Waals surface area contributed by atoms with Gasteiger partial charge in [-0.2, -0.15) is 4.31 Å². The molecule has 0 N–H and O–H groups in total. The number of sulfonamides is 1. The van der Waals surface area contributed by atoms with E-state index >= 15 is 0 Å². The van der Waals surface area contributed by atoms with Crippen molar-refractivity contribution in [2.45, 2.75) is 44.0 Å². The van der Waals surface area contributed by atoms with Gasteiger partial charge in [0.25, 0.3) is 0 Å². The zero-order valence-corrected chi connectivity index (χ0v) is 21.3. The third-order valence-corrected chi connectivity index (χ3v) is 9.35. The maximum absolute atomic E-state index is 13.2. The molecule has 3 heterocycles. The fourth-order valence-electron chi connectivity index (χ4n) is 5.09. The summed E-state index contributed by atoms with van der Waals surface area (Å²) in [6.45, 7) is 8.23. The Balaban J connectivity index is 1.33. The number of hydrogen-bond acceptors (Lipinski definition) is 5. The average molecular weight is 499 g/mol. The molecule has 8 heteroatoms. The van der Waals surface area contributed by atoms with Gasteiger partial charge in [0.2, 0.25) is 10.0 Å². The van der Waals surface area contributed by atoms with Crippen molar-refractivity contribution in [3.8, 4) is 0 Å². The van der Waals surface area contributed by atoms with Crippen LogP contribution in [0.25, 0.3) is 10.9 Å². The molecular weight excluding hydrogens is 468 g/mol. The van der Waals surface area contributed by atoms with E-state index in [1.807, 2.05) is 37.3 Å². The number of fused-ring (bicyclic) bond motifs is 1. The van der Waals surface area contributed by atoms with Crippen LogP contribution in [0.15, 0.2) is 53.4 Å². The minimum atomic E-state index is -3.49. The number of piperidine rings is 1. The summed E-state index contributed by atoms with van der Waals surface area (Å²) in [6.07, 6.45) is 2.93. The van der Waals surface area contributed by atoms with Crippen molar-refractivity contribution in [1.82, 2.24) is 9.29 Å². The molecule has 0 unspecified atom stereocenters. The zero-order chi connectivity index (χ0) is 23.9. The maximum atomic E-state index is 13.2. The second kappa shape index (κ2) is 9.36. The van der Waals surface area contributed by atoms with Crippen molar-refractivity contribution in [3.05, 3.63) is 59.1 Å². The van der Waals surface area contributed by atoms with E-state index < -0.39 is 10.0 Å². The van der Waals surface area contributed by atoms with Crippen LogP contribution in [-0.2, 0) is 10.0 Å². The SMILES string of the molecule is Cc1ccc(Cl)cc1N1CCN(c2ccc3cc(S(=O)(=O)N4CCCC[C@@H]4C)ccc3n2)CC1. The summed E-state index contributed by atoms with van der Waals surface area (Å²) in [5, 5.41) is 1.61. The predicted molar refractivity (Wildman–Crippen MR) is 140 cm³/mol. The maximum Gasteiger partial charge on any atom is 0.243 e. The second-order valence-electron chi connectivity index (χ2n) is 9.39. The zero-order valence-electron chi connectivity index (χ0n) is 19.7. The Morgan fingerprint density at radius 3 is 2.44 bits per heavy atom. The summed E-state index contributed by atoms with van der Waals surface area (Å²) in [4.78, 5) is 9.87. The average Bonchev–Trinajstić information content (AvgIpc) is 2.85. The van der Waals surface area contributed by atoms with E-state index in [1.165, 1.54) is 11.3 Å². The van der Waals surface area contributed by atoms with Crippen LogP contribution >= 0.6 is 11.6 Å². The monoisotopic (exact) mass is 498 g/mol. The molecule has 0 bridgehead atoms. The van der Waals surface area contributed by atoms with Crippen molar-refractivity contribution >= 4 is 44.0 Å². The van der Waals surface area contributed by atoms with Gasteiger partial charge >= 0.3 is 0 Å². The number of aryl methyl sites for hydroxylation is 1. The minimum absolute atomic E-state index is 0.0457. The molecule has 2 aromatic carbocycles. The lowest BCUT2D eigenvalue weighted by Crippen LogP contribution is -2.47. The fourth-order valence-corrected chi connectivity index (χ4v) is 7.00. The Bertz CT molecular complexity index is 1310. The van der Waals surface area contributed by atoms with Crippen LogP contribution in [0.3, 0.4) is 0 Å². The normalized spacial score (nSPS) is 20.1. The van der Waals surface area contributed by atoms with Gasteiger partial charge in [-0.25, -0.2) is 13.4 Å². The Morgan fingerprint density at radius 2 is 1.68 bits per heavy atom. The van der Waals surface area contributed by atoms with Gasteiger partial charge in [0.1, 0.15) is 5.82 Å². The van der Waals surface area contributed by atoms with E-state index in [0.717, 1.165) is 67.2 Å². The van der Waals surface area contributed by atoms with Crippen LogP contribution in [0.1, 0.15) is 31.7 Å². The molecule has 0 spiro atoms. The summed E-state index contributed by atoms with van der Waals surface area (Å²) in [5.74, 6) is 0.926. The number of aromatic nitrogens is 1. The molecule has 2 saturated heterocycles. The van der Waals surface area contributed by atoms with E-state index in [0.29, 0.717) is 11.4 Å². The van der Waals surface area contributed by atoms with E-state index in [1.54, 1.807) is 16.4 Å². The molecule has 3 aromatic rings. The van der Waals surface area contributed by atoms with Crippen molar-refractivity contribution in [1.29, 1.82) is 0 Å². The van der Waals surface area contributed by atoms with E-state index in [-0.39, 0.29) is 6.04 Å². The Kier molecular flexibility index (Phi) is 6.44. The molecule has 0 radical (unpaired) electrons. The molecule has 2 fully saturated rings. The molecule has 6 nitrogen and oxygen atoms in total. The third-order valence-electron chi connectivity index (χ3n) is 7.11. The summed E-state index contributed by atoms with van der Waals surface area (Å²) >= 11 is 6.22. The van der Waals surface area contributed by atoms with Gasteiger partial charge in [-0.3, -0.25) is 0 Å². The van der Waals surface area contributed by atoms with Crippen molar-refractivity contribution in [3.63, 3.8) is 0 Å². The standard InChI is InChI=1S/C26H31ClN4O2S/c1-19-6-8-22(27)18-25(19)29-13-15-30(16-14-29)26-11-7-21-17-23(9-10-24(21)28-26)34(32,33)31-12-4-3-5-20(31)2/h6-11,17-18,20H,3-5,12-16H2,1-2H3/t20-/m0/s1. The molecule has 1 aromatic heterocycles. The number of nitrogens with zero attached hydrogens (tertiary/aromatic N) is 4. The molecule has 2 aliphatic rings. The minimum Gasteiger partial charge on any atom is -0.368 e. The van der Waals surface area contributed by atoms with E-state index in [2.05, 4.69) is 22.8 Å². The number of rotatable bonds is 4. The molecule has 1 atom stereocenters. The molecule has 34 heavy (non-hydrogen) atoms. The summed E-state index contributed by atoms with van der Waals surface area (Å²) in [6, 6.07) is 15.4. The highest BCUT2D eigenvalue weighted by Gasteiger charge is 2.31. The van der Waals surface area contributed by atoms with Gasteiger partial charge in [0.05, 0.1) is 10.4 Å². The highest BCUT2D eigenvalue weighted by atomic mass is 35.5. The number of piperazine rings is 1. The molecular formula is C26H31ClN4O2S. The molecule has 5 rings (SSSR count). The number of benzene rings is 2. The van der Waals surface area contributed by atoms with Crippen molar-refractivity contribution < 1.29 is 8.42 Å². The van der Waals surface area contributed by atoms with Crippen molar-refractivity contribution in [2.75, 3.05) is 42.5 Å². The first-order valence-corrected chi connectivity index (χ1v) is 13.8. The number of pyridine rings is 1. The summed E-state index contributed by atoms with van der Waals surface area (Å²) < 4.78 is 28.1. The summed E-state index contributed by atoms with van der Waals surface area (Å²) in [7, 11) is -3.49. The lowest BCUT2D eigenvalue weighted by Gasteiger charge is -2.37. The first-order chi connectivity index (χ1) is 16.3. The van der Waals surface area contributed by atoms with E-state index in [9.17, 15) is 8.42 Å². The molecule has 180 valence electrons. The lowest BCUT2D eigenvalue weighted by molar-refractivity contribution is 0.268. The molecule has 0 saturated carbocycles.